The van der Waals surface area contributed by atoms with Crippen molar-refractivity contribution in [3.05, 3.63) is 35.4 Å². The predicted octanol–water partition coefficient (Wildman–Crippen LogP) is 2.32. The topological polar surface area (TPSA) is 32.8 Å². The van der Waals surface area contributed by atoms with Gasteiger partial charge in [0.1, 0.15) is 0 Å². The second-order valence-electron chi connectivity index (χ2n) is 6.97. The lowest BCUT2D eigenvalue weighted by Crippen LogP contribution is -2.46. The molecule has 4 heteroatoms. The van der Waals surface area contributed by atoms with Gasteiger partial charge in [-0.3, -0.25) is 4.79 Å². The van der Waals surface area contributed by atoms with Crippen LogP contribution in [-0.2, 0) is 4.74 Å². The quantitative estimate of drug-likeness (QED) is 0.840. The van der Waals surface area contributed by atoms with Crippen LogP contribution < -0.4 is 0 Å². The Bertz CT molecular complexity index is 531. The molecule has 2 aliphatic rings. The maximum absolute atomic E-state index is 12.6. The Morgan fingerprint density at radius 3 is 2.41 bits per heavy atom. The zero-order chi connectivity index (χ0) is 15.7. The number of nitrogens with zero attached hydrogens (tertiary/aromatic N) is 2. The number of ether oxygens (including phenoxy) is 1. The number of likely N-dealkylation sites (tertiary alicyclic amines) is 1. The minimum Gasteiger partial charge on any atom is -0.373 e. The number of rotatable bonds is 2. The number of benzene rings is 1. The number of amides is 1. The second-order valence-corrected chi connectivity index (χ2v) is 6.97. The highest BCUT2D eigenvalue weighted by Gasteiger charge is 2.43. The molecule has 1 aromatic carbocycles. The number of likely N-dealkylation sites (N-methyl/N-ethyl adjacent to an activating group) is 1. The van der Waals surface area contributed by atoms with Gasteiger partial charge in [0.15, 0.2) is 0 Å². The first-order valence-electron chi connectivity index (χ1n) is 8.15. The SMILES string of the molecule is Cc1ccc(C(=O)N2CCC3(CC2)CC(N(C)C)CO3)cc1. The van der Waals surface area contributed by atoms with Crippen LogP contribution in [0.5, 0.6) is 0 Å². The fourth-order valence-corrected chi connectivity index (χ4v) is 3.50. The molecule has 2 aliphatic heterocycles. The monoisotopic (exact) mass is 302 g/mol. The van der Waals surface area contributed by atoms with Crippen molar-refractivity contribution in [3.63, 3.8) is 0 Å². The zero-order valence-corrected chi connectivity index (χ0v) is 13.8. The number of carbonyl (C=O) groups excluding carboxylic acids is 1. The summed E-state index contributed by atoms with van der Waals surface area (Å²) in [5.41, 5.74) is 1.97. The summed E-state index contributed by atoms with van der Waals surface area (Å²) in [6.45, 7) is 4.45. The second kappa shape index (κ2) is 6.01. The third-order valence-corrected chi connectivity index (χ3v) is 5.18. The summed E-state index contributed by atoms with van der Waals surface area (Å²) in [6.07, 6.45) is 3.00. The highest BCUT2D eigenvalue weighted by molar-refractivity contribution is 5.94. The van der Waals surface area contributed by atoms with Crippen molar-refractivity contribution >= 4 is 5.91 Å². The molecule has 2 fully saturated rings. The van der Waals surface area contributed by atoms with Crippen molar-refractivity contribution in [2.45, 2.75) is 37.8 Å². The Balaban J connectivity index is 1.60. The summed E-state index contributed by atoms with van der Waals surface area (Å²) in [5.74, 6) is 0.150. The molecule has 2 saturated heterocycles. The lowest BCUT2D eigenvalue weighted by Gasteiger charge is -2.39. The van der Waals surface area contributed by atoms with Crippen LogP contribution >= 0.6 is 0 Å². The summed E-state index contributed by atoms with van der Waals surface area (Å²) >= 11 is 0. The van der Waals surface area contributed by atoms with Crippen LogP contribution in [0.1, 0.15) is 35.2 Å². The zero-order valence-electron chi connectivity index (χ0n) is 13.8. The fraction of sp³-hybridized carbons (Fsp3) is 0.611. The molecule has 0 aliphatic carbocycles. The number of hydrogen-bond acceptors (Lipinski definition) is 3. The summed E-state index contributed by atoms with van der Waals surface area (Å²) in [4.78, 5) is 16.8. The minimum atomic E-state index is -0.000999. The maximum atomic E-state index is 12.6. The molecule has 2 heterocycles. The van der Waals surface area contributed by atoms with E-state index in [1.807, 2.05) is 36.1 Å². The van der Waals surface area contributed by atoms with E-state index in [1.165, 1.54) is 5.56 Å². The highest BCUT2D eigenvalue weighted by atomic mass is 16.5. The van der Waals surface area contributed by atoms with E-state index < -0.39 is 0 Å². The molecule has 4 nitrogen and oxygen atoms in total. The fourth-order valence-electron chi connectivity index (χ4n) is 3.50. The van der Waals surface area contributed by atoms with E-state index in [0.29, 0.717) is 6.04 Å². The first-order valence-corrected chi connectivity index (χ1v) is 8.15. The number of hydrogen-bond donors (Lipinski definition) is 0. The van der Waals surface area contributed by atoms with Crippen molar-refractivity contribution in [2.75, 3.05) is 33.8 Å². The van der Waals surface area contributed by atoms with Gasteiger partial charge in [-0.05, 0) is 52.4 Å². The molecule has 0 bridgehead atoms. The van der Waals surface area contributed by atoms with Gasteiger partial charge in [0.2, 0.25) is 0 Å². The Morgan fingerprint density at radius 1 is 1.23 bits per heavy atom. The van der Waals surface area contributed by atoms with Crippen molar-refractivity contribution in [2.24, 2.45) is 0 Å². The molecule has 0 N–H and O–H groups in total. The molecule has 1 aromatic rings. The third kappa shape index (κ3) is 3.03. The summed E-state index contributed by atoms with van der Waals surface area (Å²) in [5, 5.41) is 0. The molecule has 120 valence electrons. The predicted molar refractivity (Wildman–Crippen MR) is 87.1 cm³/mol. The van der Waals surface area contributed by atoms with Crippen molar-refractivity contribution < 1.29 is 9.53 Å². The summed E-state index contributed by atoms with van der Waals surface area (Å²) in [6, 6.07) is 8.37. The van der Waals surface area contributed by atoms with Gasteiger partial charge in [-0.25, -0.2) is 0 Å². The van der Waals surface area contributed by atoms with E-state index in [1.54, 1.807) is 0 Å². The van der Waals surface area contributed by atoms with Gasteiger partial charge in [-0.1, -0.05) is 17.7 Å². The van der Waals surface area contributed by atoms with Crippen molar-refractivity contribution in [3.8, 4) is 0 Å². The van der Waals surface area contributed by atoms with Crippen molar-refractivity contribution in [1.82, 2.24) is 9.80 Å². The molecule has 1 amide bonds. The average molecular weight is 302 g/mol. The minimum absolute atomic E-state index is 0.000999. The van der Waals surface area contributed by atoms with Gasteiger partial charge in [0, 0.05) is 24.7 Å². The van der Waals surface area contributed by atoms with E-state index in [2.05, 4.69) is 19.0 Å². The lowest BCUT2D eigenvalue weighted by atomic mass is 9.87. The molecular formula is C18H26N2O2. The number of carbonyl (C=O) groups is 1. The molecule has 1 spiro atoms. The Morgan fingerprint density at radius 2 is 1.86 bits per heavy atom. The van der Waals surface area contributed by atoms with Gasteiger partial charge in [0.25, 0.3) is 5.91 Å². The maximum Gasteiger partial charge on any atom is 0.253 e. The normalized spacial score (nSPS) is 24.2. The lowest BCUT2D eigenvalue weighted by molar-refractivity contribution is -0.0392. The average Bonchev–Trinajstić information content (AvgIpc) is 2.92. The molecule has 1 atom stereocenters. The molecule has 0 radical (unpaired) electrons. The Labute approximate surface area is 133 Å². The molecular weight excluding hydrogens is 276 g/mol. The summed E-state index contributed by atoms with van der Waals surface area (Å²) < 4.78 is 6.13. The van der Waals surface area contributed by atoms with Crippen molar-refractivity contribution in [1.29, 1.82) is 0 Å². The van der Waals surface area contributed by atoms with Gasteiger partial charge in [-0.2, -0.15) is 0 Å². The molecule has 0 aromatic heterocycles. The molecule has 22 heavy (non-hydrogen) atoms. The van der Waals surface area contributed by atoms with E-state index in [9.17, 15) is 4.79 Å². The van der Waals surface area contributed by atoms with E-state index in [0.717, 1.165) is 44.5 Å². The van der Waals surface area contributed by atoms with Crippen LogP contribution in [0.25, 0.3) is 0 Å². The Hall–Kier alpha value is -1.39. The smallest absolute Gasteiger partial charge is 0.253 e. The summed E-state index contributed by atoms with van der Waals surface area (Å²) in [7, 11) is 4.23. The molecule has 3 rings (SSSR count). The number of aryl methyl sites for hydroxylation is 1. The first-order chi connectivity index (χ1) is 10.5. The van der Waals surface area contributed by atoms with Crippen LogP contribution in [0.3, 0.4) is 0 Å². The van der Waals surface area contributed by atoms with Gasteiger partial charge in [-0.15, -0.1) is 0 Å². The standard InChI is InChI=1S/C18H26N2O2/c1-14-4-6-15(7-5-14)17(21)20-10-8-18(9-11-20)12-16(13-22-18)19(2)3/h4-7,16H,8-13H2,1-3H3. The van der Waals surface area contributed by atoms with Gasteiger partial charge in [0.05, 0.1) is 12.2 Å². The van der Waals surface area contributed by atoms with Gasteiger partial charge < -0.3 is 14.5 Å². The third-order valence-electron chi connectivity index (χ3n) is 5.18. The van der Waals surface area contributed by atoms with Crippen LogP contribution in [-0.4, -0.2) is 61.1 Å². The van der Waals surface area contributed by atoms with E-state index in [4.69, 9.17) is 4.74 Å². The van der Waals surface area contributed by atoms with Crippen LogP contribution in [0.4, 0.5) is 0 Å². The number of piperidine rings is 1. The molecule has 0 saturated carbocycles. The van der Waals surface area contributed by atoms with Crippen LogP contribution in [0.2, 0.25) is 0 Å². The highest BCUT2D eigenvalue weighted by Crippen LogP contribution is 2.37. The largest absolute Gasteiger partial charge is 0.373 e. The van der Waals surface area contributed by atoms with Crippen LogP contribution in [0, 0.1) is 6.92 Å². The van der Waals surface area contributed by atoms with Gasteiger partial charge >= 0.3 is 0 Å². The molecule has 1 unspecified atom stereocenters. The Kier molecular flexibility index (Phi) is 4.24. The van der Waals surface area contributed by atoms with Crippen LogP contribution in [0.15, 0.2) is 24.3 Å². The first kappa shape index (κ1) is 15.5. The van der Waals surface area contributed by atoms with E-state index >= 15 is 0 Å². The van der Waals surface area contributed by atoms with E-state index in [-0.39, 0.29) is 11.5 Å².